The fraction of sp³-hybridized carbons (Fsp3) is 0.294. The summed E-state index contributed by atoms with van der Waals surface area (Å²) in [6, 6.07) is 12.5. The summed E-state index contributed by atoms with van der Waals surface area (Å²) < 4.78 is 0. The van der Waals surface area contributed by atoms with Gasteiger partial charge in [-0.25, -0.2) is 0 Å². The molecule has 0 aliphatic rings. The maximum absolute atomic E-state index is 6.54. The van der Waals surface area contributed by atoms with E-state index in [2.05, 4.69) is 51.1 Å². The molecule has 2 aromatic carbocycles. The Bertz CT molecular complexity index is 588. The Balaban J connectivity index is 2.25. The van der Waals surface area contributed by atoms with E-state index in [4.69, 9.17) is 23.2 Å². The quantitative estimate of drug-likeness (QED) is 0.628. The van der Waals surface area contributed by atoms with Crippen molar-refractivity contribution in [1.82, 2.24) is 0 Å². The molecule has 2 aromatic rings. The van der Waals surface area contributed by atoms with Crippen molar-refractivity contribution in [3.63, 3.8) is 0 Å². The van der Waals surface area contributed by atoms with Crippen molar-refractivity contribution in [2.75, 3.05) is 0 Å². The highest BCUT2D eigenvalue weighted by molar-refractivity contribution is 6.32. The first-order chi connectivity index (χ1) is 8.97. The zero-order valence-corrected chi connectivity index (χ0v) is 13.0. The zero-order chi connectivity index (χ0) is 14.0. The van der Waals surface area contributed by atoms with Crippen LogP contribution in [0.4, 0.5) is 0 Å². The lowest BCUT2D eigenvalue weighted by Crippen LogP contribution is -1.99. The second-order valence-electron chi connectivity index (χ2n) is 5.12. The molecule has 0 aliphatic carbocycles. The van der Waals surface area contributed by atoms with Crippen LogP contribution in [0.15, 0.2) is 36.4 Å². The molecule has 0 saturated carbocycles. The summed E-state index contributed by atoms with van der Waals surface area (Å²) in [6.07, 6.45) is 0.797. The van der Waals surface area contributed by atoms with Gasteiger partial charge in [0.2, 0.25) is 0 Å². The number of benzene rings is 2. The Hall–Kier alpha value is -0.980. The molecule has 0 radical (unpaired) electrons. The van der Waals surface area contributed by atoms with Crippen LogP contribution in [0.5, 0.6) is 0 Å². The number of hydrogen-bond donors (Lipinski definition) is 0. The van der Waals surface area contributed by atoms with Crippen molar-refractivity contribution in [3.05, 3.63) is 69.2 Å². The zero-order valence-electron chi connectivity index (χ0n) is 11.5. The third kappa shape index (κ3) is 3.52. The summed E-state index contributed by atoms with van der Waals surface area (Å²) in [5.74, 6) is 0. The van der Waals surface area contributed by atoms with Crippen LogP contribution < -0.4 is 0 Å². The third-order valence-electron chi connectivity index (χ3n) is 3.45. The molecule has 0 heterocycles. The molecule has 0 saturated heterocycles. The number of hydrogen-bond acceptors (Lipinski definition) is 0. The number of rotatable bonds is 3. The molecule has 0 amide bonds. The molecule has 0 nitrogen and oxygen atoms in total. The largest absolute Gasteiger partial charge is 0.117 e. The van der Waals surface area contributed by atoms with Crippen LogP contribution in [0.3, 0.4) is 0 Å². The van der Waals surface area contributed by atoms with E-state index in [0.29, 0.717) is 0 Å². The van der Waals surface area contributed by atoms with E-state index in [1.807, 2.05) is 6.07 Å². The minimum absolute atomic E-state index is 0.0893. The predicted octanol–water partition coefficient (Wildman–Crippen LogP) is 5.79. The third-order valence-corrected chi connectivity index (χ3v) is 4.16. The monoisotopic (exact) mass is 292 g/mol. The van der Waals surface area contributed by atoms with Gasteiger partial charge in [-0.15, -0.1) is 11.6 Å². The maximum Gasteiger partial charge on any atom is 0.0640 e. The first-order valence-corrected chi connectivity index (χ1v) is 7.25. The van der Waals surface area contributed by atoms with E-state index in [1.165, 1.54) is 22.3 Å². The molecule has 0 N–H and O–H groups in total. The highest BCUT2D eigenvalue weighted by Gasteiger charge is 2.14. The van der Waals surface area contributed by atoms with Crippen LogP contribution in [-0.2, 0) is 6.42 Å². The van der Waals surface area contributed by atoms with Gasteiger partial charge in [0.25, 0.3) is 0 Å². The van der Waals surface area contributed by atoms with E-state index in [9.17, 15) is 0 Å². The molecule has 100 valence electrons. The molecule has 0 bridgehead atoms. The number of halogens is 2. The average molecular weight is 293 g/mol. The lowest BCUT2D eigenvalue weighted by molar-refractivity contribution is 0.915. The van der Waals surface area contributed by atoms with Gasteiger partial charge in [0.1, 0.15) is 0 Å². The van der Waals surface area contributed by atoms with Crippen molar-refractivity contribution in [3.8, 4) is 0 Å². The van der Waals surface area contributed by atoms with Gasteiger partial charge in [0.05, 0.1) is 5.38 Å². The van der Waals surface area contributed by atoms with Crippen molar-refractivity contribution in [2.24, 2.45) is 0 Å². The molecule has 2 rings (SSSR count). The van der Waals surface area contributed by atoms with Crippen molar-refractivity contribution in [2.45, 2.75) is 32.6 Å². The average Bonchev–Trinajstić information content (AvgIpc) is 2.33. The molecule has 19 heavy (non-hydrogen) atoms. The predicted molar refractivity (Wildman–Crippen MR) is 84.4 cm³/mol. The van der Waals surface area contributed by atoms with Crippen molar-refractivity contribution >= 4 is 23.2 Å². The topological polar surface area (TPSA) is 0 Å². The Morgan fingerprint density at radius 2 is 1.68 bits per heavy atom. The van der Waals surface area contributed by atoms with Crippen molar-refractivity contribution < 1.29 is 0 Å². The first kappa shape index (κ1) is 14.4. The fourth-order valence-electron chi connectivity index (χ4n) is 2.20. The molecular formula is C17H18Cl2. The second-order valence-corrected chi connectivity index (χ2v) is 6.05. The number of aryl methyl sites for hydroxylation is 3. The van der Waals surface area contributed by atoms with Gasteiger partial charge in [-0.05, 0) is 55.5 Å². The van der Waals surface area contributed by atoms with Crippen molar-refractivity contribution in [1.29, 1.82) is 0 Å². The normalized spacial score (nSPS) is 12.5. The smallest absolute Gasteiger partial charge is 0.0640 e. The maximum atomic E-state index is 6.54. The van der Waals surface area contributed by atoms with Crippen LogP contribution in [0.2, 0.25) is 5.02 Å². The molecule has 0 spiro atoms. The minimum atomic E-state index is -0.0893. The summed E-state index contributed by atoms with van der Waals surface area (Å²) in [7, 11) is 0. The highest BCUT2D eigenvalue weighted by Crippen LogP contribution is 2.32. The van der Waals surface area contributed by atoms with Gasteiger partial charge in [-0.2, -0.15) is 0 Å². The van der Waals surface area contributed by atoms with Gasteiger partial charge >= 0.3 is 0 Å². The molecule has 0 aromatic heterocycles. The SMILES string of the molecule is Cc1cccc(CC(Cl)c2cc(C)c(C)cc2Cl)c1. The van der Waals surface area contributed by atoms with Crippen LogP contribution in [0, 0.1) is 20.8 Å². The summed E-state index contributed by atoms with van der Waals surface area (Å²) in [6.45, 7) is 6.25. The second kappa shape index (κ2) is 5.98. The lowest BCUT2D eigenvalue weighted by Gasteiger charge is -2.14. The molecule has 1 atom stereocenters. The van der Waals surface area contributed by atoms with Gasteiger partial charge in [0, 0.05) is 5.02 Å². The van der Waals surface area contributed by atoms with Crippen LogP contribution >= 0.6 is 23.2 Å². The van der Waals surface area contributed by atoms with Crippen LogP contribution in [0.25, 0.3) is 0 Å². The fourth-order valence-corrected chi connectivity index (χ4v) is 2.96. The lowest BCUT2D eigenvalue weighted by atomic mass is 9.99. The van der Waals surface area contributed by atoms with E-state index >= 15 is 0 Å². The van der Waals surface area contributed by atoms with Crippen LogP contribution in [-0.4, -0.2) is 0 Å². The Kier molecular flexibility index (Phi) is 4.54. The Labute approximate surface area is 125 Å². The van der Waals surface area contributed by atoms with E-state index in [1.54, 1.807) is 0 Å². The standard InChI is InChI=1S/C17H18Cl2/c1-11-5-4-6-14(7-11)10-17(19)15-8-12(2)13(3)9-16(15)18/h4-9,17H,10H2,1-3H3. The number of alkyl halides is 1. The van der Waals surface area contributed by atoms with E-state index in [-0.39, 0.29) is 5.38 Å². The van der Waals surface area contributed by atoms with Gasteiger partial charge < -0.3 is 0 Å². The van der Waals surface area contributed by atoms with E-state index < -0.39 is 0 Å². The van der Waals surface area contributed by atoms with Gasteiger partial charge in [-0.1, -0.05) is 47.5 Å². The summed E-state index contributed by atoms with van der Waals surface area (Å²) in [5, 5.41) is 0.671. The summed E-state index contributed by atoms with van der Waals surface area (Å²) >= 11 is 12.8. The molecule has 0 aliphatic heterocycles. The van der Waals surface area contributed by atoms with Gasteiger partial charge in [0.15, 0.2) is 0 Å². The summed E-state index contributed by atoms with van der Waals surface area (Å²) in [5.41, 5.74) is 5.96. The molecule has 0 fully saturated rings. The molecular weight excluding hydrogens is 275 g/mol. The minimum Gasteiger partial charge on any atom is -0.117 e. The molecule has 1 unspecified atom stereocenters. The van der Waals surface area contributed by atoms with Crippen LogP contribution in [0.1, 0.15) is 33.2 Å². The summed E-state index contributed by atoms with van der Waals surface area (Å²) in [4.78, 5) is 0. The molecule has 2 heteroatoms. The highest BCUT2D eigenvalue weighted by atomic mass is 35.5. The Morgan fingerprint density at radius 1 is 1.00 bits per heavy atom. The Morgan fingerprint density at radius 3 is 2.37 bits per heavy atom. The first-order valence-electron chi connectivity index (χ1n) is 6.43. The van der Waals surface area contributed by atoms with Gasteiger partial charge in [-0.3, -0.25) is 0 Å². The van der Waals surface area contributed by atoms with E-state index in [0.717, 1.165) is 17.0 Å².